The number of nitrogens with two attached hydrogens (primary N) is 1. The SMILES string of the molecule is CSCC[C@H](NC(=O)CNC(=O)[C@H](CCC(=O)O)NC(=O)[C@H](CO)NC(=O)[C@@H](N)[C@@H](C)O)C(=O)N[C@@H](CC(=O)O)C(=O)NCC(=O)N[C@@H](CS)C(=O)N[C@@H](CCC(=O)O)C(=O)N[C@@H](CC(C)C)C(=O)O. The molecule has 29 nitrogen and oxygen atoms in total. The van der Waals surface area contributed by atoms with Crippen LogP contribution in [0.4, 0.5) is 0 Å². The number of rotatable bonds is 35. The van der Waals surface area contributed by atoms with Crippen LogP contribution in [0.3, 0.4) is 0 Å². The predicted molar refractivity (Wildman–Crippen MR) is 246 cm³/mol. The highest BCUT2D eigenvalue weighted by atomic mass is 32.2. The molecular weight excluding hydrogens is 977 g/mol. The first-order valence-corrected chi connectivity index (χ1v) is 23.4. The Bertz CT molecular complexity index is 1880. The standard InChI is InChI=1S/C39H64N10O19S2/c1-17(2)11-23(39(67)68)48-34(62)20(6-8-29(56)57)46-37(65)25(16-69)44-27(53)14-42-33(61)22(12-30(58)59)47-35(63)21(9-10-70-4)43-26(52)13-41-32(60)19(5-7-28(54)55)45-36(64)24(15-50)49-38(66)31(40)18(3)51/h17-25,31,50-51,69H,5-16,40H2,1-4H3,(H,41,60)(H,42,61)(H,43,52)(H,44,53)(H,45,64)(H,46,65)(H,47,63)(H,48,62)(H,49,66)(H,54,55)(H,56,57)(H,58,59)(H,67,68)/t18-,19+,20+,21+,22+,23+,24+,25+,31+/m1/s1. The van der Waals surface area contributed by atoms with Crippen molar-refractivity contribution in [2.75, 3.05) is 37.5 Å². The van der Waals surface area contributed by atoms with Crippen LogP contribution >= 0.6 is 24.4 Å². The zero-order valence-electron chi connectivity index (χ0n) is 38.7. The van der Waals surface area contributed by atoms with Crippen LogP contribution in [0.1, 0.15) is 65.7 Å². The van der Waals surface area contributed by atoms with E-state index in [4.69, 9.17) is 15.9 Å². The third-order valence-electron chi connectivity index (χ3n) is 9.47. The summed E-state index contributed by atoms with van der Waals surface area (Å²) in [5.74, 6) is -15.9. The fourth-order valence-corrected chi connectivity index (χ4v) is 6.42. The molecule has 0 aliphatic carbocycles. The molecule has 0 spiro atoms. The van der Waals surface area contributed by atoms with Crippen molar-refractivity contribution in [2.45, 2.75) is 120 Å². The molecule has 0 fully saturated rings. The summed E-state index contributed by atoms with van der Waals surface area (Å²) in [6.45, 7) is 1.76. The Balaban J connectivity index is 5.87. The van der Waals surface area contributed by atoms with E-state index in [0.717, 1.165) is 0 Å². The van der Waals surface area contributed by atoms with Gasteiger partial charge in [0, 0.05) is 18.6 Å². The molecule has 0 heterocycles. The first-order chi connectivity index (χ1) is 32.7. The smallest absolute Gasteiger partial charge is 0.326 e. The minimum Gasteiger partial charge on any atom is -0.481 e. The molecule has 0 unspecified atom stereocenters. The average Bonchev–Trinajstić information content (AvgIpc) is 3.27. The van der Waals surface area contributed by atoms with E-state index in [2.05, 4.69) is 60.5 Å². The monoisotopic (exact) mass is 1040 g/mol. The van der Waals surface area contributed by atoms with Crippen molar-refractivity contribution in [1.82, 2.24) is 47.9 Å². The summed E-state index contributed by atoms with van der Waals surface area (Å²) in [6.07, 6.45) is -3.18. The second-order valence-corrected chi connectivity index (χ2v) is 17.2. The summed E-state index contributed by atoms with van der Waals surface area (Å²) >= 11 is 5.24. The van der Waals surface area contributed by atoms with E-state index >= 15 is 0 Å². The van der Waals surface area contributed by atoms with Gasteiger partial charge >= 0.3 is 23.9 Å². The molecule has 9 atom stereocenters. The highest BCUT2D eigenvalue weighted by Crippen LogP contribution is 2.08. The van der Waals surface area contributed by atoms with Crippen LogP contribution in [-0.4, -0.2) is 200 Å². The second-order valence-electron chi connectivity index (χ2n) is 15.8. The predicted octanol–water partition coefficient (Wildman–Crippen LogP) is -6.67. The zero-order chi connectivity index (χ0) is 53.8. The van der Waals surface area contributed by atoms with Crippen LogP contribution in [0.15, 0.2) is 0 Å². The topological polar surface area (TPSA) is 478 Å². The summed E-state index contributed by atoms with van der Waals surface area (Å²) in [5.41, 5.74) is 5.53. The van der Waals surface area contributed by atoms with E-state index in [1.165, 1.54) is 18.7 Å². The number of hydrogen-bond acceptors (Lipinski definition) is 18. The Labute approximate surface area is 410 Å². The summed E-state index contributed by atoms with van der Waals surface area (Å²) in [4.78, 5) is 163. The lowest BCUT2D eigenvalue weighted by Gasteiger charge is -2.24. The van der Waals surface area contributed by atoms with Crippen molar-refractivity contribution in [3.63, 3.8) is 0 Å². The molecule has 396 valence electrons. The van der Waals surface area contributed by atoms with Gasteiger partial charge in [-0.3, -0.25) is 57.5 Å². The number of carbonyl (C=O) groups is 13. The van der Waals surface area contributed by atoms with Crippen LogP contribution in [-0.2, 0) is 62.3 Å². The number of carbonyl (C=O) groups excluding carboxylic acids is 9. The van der Waals surface area contributed by atoms with Gasteiger partial charge in [0.05, 0.1) is 32.2 Å². The van der Waals surface area contributed by atoms with Gasteiger partial charge in [-0.05, 0) is 50.5 Å². The Kier molecular flexibility index (Phi) is 30.3. The fourth-order valence-electron chi connectivity index (χ4n) is 5.69. The molecule has 70 heavy (non-hydrogen) atoms. The minimum atomic E-state index is -1.87. The Morgan fingerprint density at radius 3 is 1.34 bits per heavy atom. The summed E-state index contributed by atoms with van der Waals surface area (Å²) in [6, 6.07) is -12.7. The molecule has 0 aromatic carbocycles. The molecule has 0 aromatic rings. The molecule has 0 rings (SSSR count). The highest BCUT2D eigenvalue weighted by molar-refractivity contribution is 7.98. The maximum absolute atomic E-state index is 13.4. The van der Waals surface area contributed by atoms with Crippen LogP contribution in [0.5, 0.6) is 0 Å². The van der Waals surface area contributed by atoms with Crippen LogP contribution in [0.25, 0.3) is 0 Å². The molecule has 0 aromatic heterocycles. The van der Waals surface area contributed by atoms with Gasteiger partial charge < -0.3 is 84.2 Å². The summed E-state index contributed by atoms with van der Waals surface area (Å²) in [7, 11) is 0. The molecule has 9 amide bonds. The van der Waals surface area contributed by atoms with Crippen molar-refractivity contribution >= 4 is 101 Å². The van der Waals surface area contributed by atoms with Gasteiger partial charge in [-0.1, -0.05) is 13.8 Å². The number of aliphatic hydroxyl groups excluding tert-OH is 2. The molecule has 17 N–H and O–H groups in total. The van der Waals surface area contributed by atoms with E-state index in [1.54, 1.807) is 20.1 Å². The molecule has 0 saturated carbocycles. The van der Waals surface area contributed by atoms with Gasteiger partial charge in [0.1, 0.15) is 48.3 Å². The number of thiol groups is 1. The third kappa shape index (κ3) is 25.9. The summed E-state index contributed by atoms with van der Waals surface area (Å²) < 4.78 is 0. The van der Waals surface area contributed by atoms with Crippen molar-refractivity contribution in [3.8, 4) is 0 Å². The number of aliphatic hydroxyl groups is 2. The number of nitrogens with one attached hydrogen (secondary N) is 9. The van der Waals surface area contributed by atoms with E-state index in [0.29, 0.717) is 0 Å². The van der Waals surface area contributed by atoms with Crippen LogP contribution in [0.2, 0.25) is 0 Å². The van der Waals surface area contributed by atoms with E-state index in [1.807, 2.05) is 0 Å². The van der Waals surface area contributed by atoms with E-state index in [-0.39, 0.29) is 24.5 Å². The van der Waals surface area contributed by atoms with Gasteiger partial charge in [0.25, 0.3) is 0 Å². The molecule has 0 aliphatic heterocycles. The quantitative estimate of drug-likeness (QED) is 0.0262. The van der Waals surface area contributed by atoms with E-state index in [9.17, 15) is 82.8 Å². The number of carboxylic acids is 4. The Morgan fingerprint density at radius 2 is 0.929 bits per heavy atom. The lowest BCUT2D eigenvalue weighted by Crippen LogP contribution is -2.59. The fraction of sp³-hybridized carbons (Fsp3) is 0.667. The highest BCUT2D eigenvalue weighted by Gasteiger charge is 2.33. The summed E-state index contributed by atoms with van der Waals surface area (Å²) in [5, 5.41) is 76.2. The van der Waals surface area contributed by atoms with Crippen molar-refractivity contribution < 1.29 is 93.0 Å². The third-order valence-corrected chi connectivity index (χ3v) is 10.5. The molecule has 0 saturated heterocycles. The lowest BCUT2D eigenvalue weighted by molar-refractivity contribution is -0.143. The number of carboxylic acid groups (broad SMARTS) is 4. The van der Waals surface area contributed by atoms with E-state index < -0.39 is 189 Å². The number of aliphatic carboxylic acids is 4. The number of hydrogen-bond donors (Lipinski definition) is 17. The zero-order valence-corrected chi connectivity index (χ0v) is 40.4. The van der Waals surface area contributed by atoms with Crippen molar-refractivity contribution in [1.29, 1.82) is 0 Å². The number of thioether (sulfide) groups is 1. The van der Waals surface area contributed by atoms with Crippen LogP contribution in [0, 0.1) is 5.92 Å². The normalized spacial score (nSPS) is 14.8. The maximum Gasteiger partial charge on any atom is 0.326 e. The van der Waals surface area contributed by atoms with Gasteiger partial charge in [-0.15, -0.1) is 0 Å². The molecule has 31 heteroatoms. The molecule has 0 bridgehead atoms. The molecule has 0 aliphatic rings. The van der Waals surface area contributed by atoms with Gasteiger partial charge in [0.15, 0.2) is 0 Å². The minimum absolute atomic E-state index is 0.00536. The van der Waals surface area contributed by atoms with Crippen molar-refractivity contribution in [2.24, 2.45) is 11.7 Å². The van der Waals surface area contributed by atoms with Gasteiger partial charge in [-0.2, -0.15) is 24.4 Å². The van der Waals surface area contributed by atoms with Gasteiger partial charge in [-0.25, -0.2) is 4.79 Å². The first-order valence-electron chi connectivity index (χ1n) is 21.4. The average molecular weight is 1040 g/mol. The van der Waals surface area contributed by atoms with Gasteiger partial charge in [0.2, 0.25) is 53.2 Å². The maximum atomic E-state index is 13.4. The molecular formula is C39H64N10O19S2. The number of amides is 9. The first kappa shape index (κ1) is 63.7. The van der Waals surface area contributed by atoms with Crippen molar-refractivity contribution in [3.05, 3.63) is 0 Å². The second kappa shape index (κ2) is 33.3. The largest absolute Gasteiger partial charge is 0.481 e. The van der Waals surface area contributed by atoms with Crippen LogP contribution < -0.4 is 53.6 Å². The Morgan fingerprint density at radius 1 is 0.529 bits per heavy atom. The lowest BCUT2D eigenvalue weighted by atomic mass is 10.0. The molecule has 0 radical (unpaired) electrons. The Hall–Kier alpha value is -6.31.